The number of rotatable bonds is 28. The molecule has 246 valence electrons. The van der Waals surface area contributed by atoms with Crippen molar-refractivity contribution >= 4 is 25.3 Å². The Kier molecular flexibility index (Phi) is 25.2. The van der Waals surface area contributed by atoms with Crippen LogP contribution in [-0.4, -0.2) is 47.0 Å². The number of carbonyl (C=O) groups is 1. The molecule has 0 bridgehead atoms. The summed E-state index contributed by atoms with van der Waals surface area (Å²) in [6.07, 6.45) is 21.6. The minimum absolute atomic E-state index is 0.0863. The van der Waals surface area contributed by atoms with E-state index in [9.17, 15) is 14.3 Å². The van der Waals surface area contributed by atoms with E-state index in [1.54, 1.807) is 0 Å². The van der Waals surface area contributed by atoms with Crippen LogP contribution in [0.1, 0.15) is 164 Å². The zero-order chi connectivity index (χ0) is 31.0. The molecule has 0 aromatic carbocycles. The van der Waals surface area contributed by atoms with Crippen molar-refractivity contribution < 1.29 is 28.3 Å². The van der Waals surface area contributed by atoms with Crippen molar-refractivity contribution in [3.05, 3.63) is 0 Å². The summed E-state index contributed by atoms with van der Waals surface area (Å²) in [6.45, 7) is 14.3. The second-order valence-corrected chi connectivity index (χ2v) is 16.1. The van der Waals surface area contributed by atoms with Crippen molar-refractivity contribution in [2.24, 2.45) is 5.41 Å². The predicted molar refractivity (Wildman–Crippen MR) is 177 cm³/mol. The molecule has 41 heavy (non-hydrogen) atoms. The molecular formula is C33H67O6PS. The molecule has 1 N–H and O–H groups in total. The van der Waals surface area contributed by atoms with Crippen molar-refractivity contribution in [2.45, 2.75) is 181 Å². The molecule has 0 heterocycles. The number of thioether (sulfide) groups is 1. The third-order valence-corrected chi connectivity index (χ3v) is 10.2. The van der Waals surface area contributed by atoms with Gasteiger partial charge in [0, 0.05) is 5.25 Å². The third kappa shape index (κ3) is 23.0. The van der Waals surface area contributed by atoms with Crippen LogP contribution in [0.2, 0.25) is 0 Å². The fourth-order valence-corrected chi connectivity index (χ4v) is 7.22. The molecule has 8 heteroatoms. The van der Waals surface area contributed by atoms with Crippen LogP contribution in [0, 0.1) is 5.41 Å². The van der Waals surface area contributed by atoms with Gasteiger partial charge in [0.2, 0.25) is 0 Å². The van der Waals surface area contributed by atoms with Gasteiger partial charge in [0.05, 0.1) is 19.3 Å². The molecule has 0 aliphatic heterocycles. The van der Waals surface area contributed by atoms with Gasteiger partial charge in [-0.15, -0.1) is 0 Å². The number of hydrogen-bond donors (Lipinski definition) is 1. The van der Waals surface area contributed by atoms with E-state index in [4.69, 9.17) is 14.0 Å². The van der Waals surface area contributed by atoms with E-state index in [0.29, 0.717) is 6.42 Å². The molecule has 0 saturated heterocycles. The van der Waals surface area contributed by atoms with Gasteiger partial charge in [-0.2, -0.15) is 11.8 Å². The standard InChI is InChI=1S/C33H67O6PS/c1-8-11-13-15-16-17-18-19-20-22-24-27-41-30(25-23-21-14-12-9-2)29(4)39-32(40(35,36)38-26-10-3)31(34)37-28-33(5,6)7/h29-30,32H,8-28H2,1-7H3,(H,35,36). The Hall–Kier alpha value is -0.0700. The lowest BCUT2D eigenvalue weighted by atomic mass is 9.99. The molecule has 0 rings (SSSR count). The van der Waals surface area contributed by atoms with Gasteiger partial charge in [-0.25, -0.2) is 4.79 Å². The first kappa shape index (κ1) is 40.9. The van der Waals surface area contributed by atoms with Gasteiger partial charge in [0.1, 0.15) is 0 Å². The van der Waals surface area contributed by atoms with Gasteiger partial charge in [0.25, 0.3) is 5.85 Å². The lowest BCUT2D eigenvalue weighted by Gasteiger charge is -2.30. The molecule has 6 nitrogen and oxygen atoms in total. The Labute approximate surface area is 258 Å². The highest BCUT2D eigenvalue weighted by Crippen LogP contribution is 2.49. The molecule has 4 atom stereocenters. The SMILES string of the molecule is CCCCCCCCCCCCCSC(CCCCCCC)C(C)OC(C(=O)OCC(C)(C)C)P(=O)(O)OCCC. The monoisotopic (exact) mass is 622 g/mol. The number of esters is 1. The highest BCUT2D eigenvalue weighted by Gasteiger charge is 2.43. The second kappa shape index (κ2) is 25.3. The van der Waals surface area contributed by atoms with Gasteiger partial charge in [-0.1, -0.05) is 138 Å². The van der Waals surface area contributed by atoms with Crippen molar-refractivity contribution in [3.63, 3.8) is 0 Å². The van der Waals surface area contributed by atoms with Crippen LogP contribution in [0.25, 0.3) is 0 Å². The van der Waals surface area contributed by atoms with Gasteiger partial charge < -0.3 is 18.9 Å². The van der Waals surface area contributed by atoms with Crippen LogP contribution in [0.3, 0.4) is 0 Å². The summed E-state index contributed by atoms with van der Waals surface area (Å²) in [4.78, 5) is 23.7. The lowest BCUT2D eigenvalue weighted by molar-refractivity contribution is -0.158. The van der Waals surface area contributed by atoms with E-state index in [2.05, 4.69) is 13.8 Å². The zero-order valence-corrected chi connectivity index (χ0v) is 29.6. The maximum Gasteiger partial charge on any atom is 0.368 e. The predicted octanol–water partition coefficient (Wildman–Crippen LogP) is 10.7. The summed E-state index contributed by atoms with van der Waals surface area (Å²) in [5.41, 5.74) is -0.263. The zero-order valence-electron chi connectivity index (χ0n) is 27.9. The van der Waals surface area contributed by atoms with E-state index < -0.39 is 19.4 Å². The lowest BCUT2D eigenvalue weighted by Crippen LogP contribution is -2.36. The average Bonchev–Trinajstić information content (AvgIpc) is 2.92. The number of ether oxygens (including phenoxy) is 2. The van der Waals surface area contributed by atoms with Crippen LogP contribution in [-0.2, 0) is 23.4 Å². The largest absolute Gasteiger partial charge is 0.463 e. The van der Waals surface area contributed by atoms with Crippen LogP contribution in [0.4, 0.5) is 0 Å². The molecule has 4 unspecified atom stereocenters. The van der Waals surface area contributed by atoms with Crippen LogP contribution in [0.5, 0.6) is 0 Å². The summed E-state index contributed by atoms with van der Waals surface area (Å²) in [5.74, 6) is -1.41. The first-order valence-corrected chi connectivity index (χ1v) is 19.6. The number of carbonyl (C=O) groups excluding carboxylic acids is 1. The van der Waals surface area contributed by atoms with E-state index in [0.717, 1.165) is 25.0 Å². The normalized spacial score (nSPS) is 15.8. The molecule has 0 aromatic rings. The molecular weight excluding hydrogens is 555 g/mol. The second-order valence-electron chi connectivity index (χ2n) is 12.9. The number of unbranched alkanes of at least 4 members (excludes halogenated alkanes) is 14. The van der Waals surface area contributed by atoms with Gasteiger partial charge >= 0.3 is 13.6 Å². The highest BCUT2D eigenvalue weighted by molar-refractivity contribution is 7.99. The van der Waals surface area contributed by atoms with Crippen LogP contribution < -0.4 is 0 Å². The number of hydrogen-bond acceptors (Lipinski definition) is 6. The molecule has 0 fully saturated rings. The summed E-state index contributed by atoms with van der Waals surface area (Å²) < 4.78 is 29.9. The highest BCUT2D eigenvalue weighted by atomic mass is 32.2. The first-order valence-electron chi connectivity index (χ1n) is 16.9. The molecule has 0 aliphatic rings. The van der Waals surface area contributed by atoms with Gasteiger partial charge in [0.15, 0.2) is 0 Å². The fourth-order valence-electron chi connectivity index (χ4n) is 4.61. The molecule has 0 amide bonds. The Bertz CT molecular complexity index is 669. The van der Waals surface area contributed by atoms with E-state index in [1.165, 1.54) is 89.9 Å². The molecule has 0 aromatic heterocycles. The Morgan fingerprint density at radius 1 is 0.780 bits per heavy atom. The van der Waals surface area contributed by atoms with Crippen molar-refractivity contribution in [1.82, 2.24) is 0 Å². The first-order chi connectivity index (χ1) is 19.5. The van der Waals surface area contributed by atoms with Crippen molar-refractivity contribution in [1.29, 1.82) is 0 Å². The topological polar surface area (TPSA) is 82.1 Å². The minimum Gasteiger partial charge on any atom is -0.463 e. The van der Waals surface area contributed by atoms with E-state index >= 15 is 0 Å². The quantitative estimate of drug-likeness (QED) is 0.0528. The summed E-state index contributed by atoms with van der Waals surface area (Å²) in [7, 11) is -4.36. The summed E-state index contributed by atoms with van der Waals surface area (Å²) in [6, 6.07) is 0. The fraction of sp³-hybridized carbons (Fsp3) is 0.970. The molecule has 0 spiro atoms. The minimum atomic E-state index is -4.36. The third-order valence-electron chi connectivity index (χ3n) is 7.16. The van der Waals surface area contributed by atoms with Crippen molar-refractivity contribution in [2.75, 3.05) is 19.0 Å². The molecule has 0 radical (unpaired) electrons. The maximum absolute atomic E-state index is 13.1. The maximum atomic E-state index is 13.1. The smallest absolute Gasteiger partial charge is 0.368 e. The Balaban J connectivity index is 4.99. The van der Waals surface area contributed by atoms with Crippen LogP contribution >= 0.6 is 19.4 Å². The van der Waals surface area contributed by atoms with E-state index in [-0.39, 0.29) is 30.0 Å². The summed E-state index contributed by atoms with van der Waals surface area (Å²) in [5, 5.41) is 0.142. The van der Waals surface area contributed by atoms with E-state index in [1.807, 2.05) is 46.4 Å². The van der Waals surface area contributed by atoms with Gasteiger partial charge in [-0.3, -0.25) is 4.57 Å². The Morgan fingerprint density at radius 3 is 1.76 bits per heavy atom. The van der Waals surface area contributed by atoms with Crippen molar-refractivity contribution in [3.8, 4) is 0 Å². The molecule has 0 aliphatic carbocycles. The average molecular weight is 623 g/mol. The summed E-state index contributed by atoms with van der Waals surface area (Å²) >= 11 is 1.88. The Morgan fingerprint density at radius 2 is 1.27 bits per heavy atom. The van der Waals surface area contributed by atoms with Gasteiger partial charge in [-0.05, 0) is 37.4 Å². The molecule has 0 saturated carbocycles. The van der Waals surface area contributed by atoms with Crippen LogP contribution in [0.15, 0.2) is 0 Å².